The van der Waals surface area contributed by atoms with Gasteiger partial charge in [0.25, 0.3) is 0 Å². The van der Waals surface area contributed by atoms with Crippen molar-refractivity contribution in [2.75, 3.05) is 5.73 Å². The van der Waals surface area contributed by atoms with Crippen LogP contribution >= 0.6 is 0 Å². The van der Waals surface area contributed by atoms with Crippen LogP contribution in [0, 0.1) is 6.92 Å². The number of aryl methyl sites for hydroxylation is 1. The molecule has 1 aromatic carbocycles. The summed E-state index contributed by atoms with van der Waals surface area (Å²) < 4.78 is 5.63. The fourth-order valence-corrected chi connectivity index (χ4v) is 1.72. The Labute approximate surface area is 98.1 Å². The van der Waals surface area contributed by atoms with Gasteiger partial charge in [-0.25, -0.2) is 9.97 Å². The maximum atomic E-state index is 5.70. The zero-order valence-corrected chi connectivity index (χ0v) is 9.34. The van der Waals surface area contributed by atoms with Crippen LogP contribution < -0.4 is 5.73 Å². The summed E-state index contributed by atoms with van der Waals surface area (Å²) in [5, 5.41) is 0. The van der Waals surface area contributed by atoms with Crippen molar-refractivity contribution in [2.45, 2.75) is 6.92 Å². The Morgan fingerprint density at radius 3 is 2.82 bits per heavy atom. The number of hydrogen-bond acceptors (Lipinski definition) is 4. The van der Waals surface area contributed by atoms with Gasteiger partial charge in [-0.15, -0.1) is 0 Å². The Balaban J connectivity index is 2.18. The molecule has 0 aliphatic rings. The molecule has 2 heterocycles. The van der Waals surface area contributed by atoms with E-state index in [1.165, 1.54) is 0 Å². The van der Waals surface area contributed by atoms with Crippen LogP contribution in [0.4, 0.5) is 5.69 Å². The van der Waals surface area contributed by atoms with E-state index in [0.29, 0.717) is 11.6 Å². The molecule has 0 atom stereocenters. The summed E-state index contributed by atoms with van der Waals surface area (Å²) in [5.74, 6) is 0.523. The topological polar surface area (TPSA) is 64.9 Å². The van der Waals surface area contributed by atoms with Crippen molar-refractivity contribution in [3.8, 4) is 11.6 Å². The number of aromatic nitrogens is 2. The number of benzene rings is 1. The molecule has 2 aromatic heterocycles. The molecule has 3 aromatic rings. The fourth-order valence-electron chi connectivity index (χ4n) is 1.72. The number of hydrogen-bond donors (Lipinski definition) is 1. The van der Waals surface area contributed by atoms with Crippen molar-refractivity contribution in [1.82, 2.24) is 9.97 Å². The molecule has 0 saturated heterocycles. The van der Waals surface area contributed by atoms with Gasteiger partial charge in [0, 0.05) is 11.4 Å². The van der Waals surface area contributed by atoms with Crippen molar-refractivity contribution in [3.63, 3.8) is 0 Å². The SMILES string of the molecule is Cc1cccc(-c2nc3cc(N)ccc3o2)n1. The van der Waals surface area contributed by atoms with Gasteiger partial charge in [0.2, 0.25) is 5.89 Å². The maximum Gasteiger partial charge on any atom is 0.246 e. The number of fused-ring (bicyclic) bond motifs is 1. The largest absolute Gasteiger partial charge is 0.435 e. The Morgan fingerprint density at radius 2 is 2.00 bits per heavy atom. The van der Waals surface area contributed by atoms with Gasteiger partial charge in [0.15, 0.2) is 5.58 Å². The first-order valence-electron chi connectivity index (χ1n) is 5.32. The van der Waals surface area contributed by atoms with Crippen LogP contribution in [0.25, 0.3) is 22.7 Å². The number of nitrogens with two attached hydrogens (primary N) is 1. The molecule has 4 heteroatoms. The molecule has 0 radical (unpaired) electrons. The molecule has 0 bridgehead atoms. The number of nitrogen functional groups attached to an aromatic ring is 1. The third kappa shape index (κ3) is 1.73. The van der Waals surface area contributed by atoms with Gasteiger partial charge in [0.1, 0.15) is 11.2 Å². The molecule has 0 unspecified atom stereocenters. The number of oxazole rings is 1. The first-order chi connectivity index (χ1) is 8.22. The minimum atomic E-state index is 0.523. The summed E-state index contributed by atoms with van der Waals surface area (Å²) in [6, 6.07) is 11.1. The third-order valence-corrected chi connectivity index (χ3v) is 2.52. The first kappa shape index (κ1) is 9.84. The predicted octanol–water partition coefficient (Wildman–Crippen LogP) is 2.78. The highest BCUT2D eigenvalue weighted by molar-refractivity contribution is 5.78. The van der Waals surface area contributed by atoms with E-state index in [1.807, 2.05) is 31.2 Å². The average Bonchev–Trinajstić information content (AvgIpc) is 2.72. The molecule has 0 amide bonds. The Bertz CT molecular complexity index is 688. The number of pyridine rings is 1. The lowest BCUT2D eigenvalue weighted by Crippen LogP contribution is -1.85. The van der Waals surface area contributed by atoms with Crippen LogP contribution in [0.15, 0.2) is 40.8 Å². The molecule has 0 aliphatic heterocycles. The highest BCUT2D eigenvalue weighted by Gasteiger charge is 2.09. The lowest BCUT2D eigenvalue weighted by Gasteiger charge is -1.94. The number of anilines is 1. The highest BCUT2D eigenvalue weighted by atomic mass is 16.3. The van der Waals surface area contributed by atoms with Crippen LogP contribution in [0.2, 0.25) is 0 Å². The second kappa shape index (κ2) is 3.59. The second-order valence-corrected chi connectivity index (χ2v) is 3.91. The smallest absolute Gasteiger partial charge is 0.246 e. The summed E-state index contributed by atoms with van der Waals surface area (Å²) in [5.41, 5.74) is 9.52. The molecular formula is C13H11N3O. The van der Waals surface area contributed by atoms with Crippen molar-refractivity contribution < 1.29 is 4.42 Å². The van der Waals surface area contributed by atoms with Crippen molar-refractivity contribution in [3.05, 3.63) is 42.1 Å². The van der Waals surface area contributed by atoms with E-state index in [-0.39, 0.29) is 0 Å². The van der Waals surface area contributed by atoms with Crippen LogP contribution in [0.3, 0.4) is 0 Å². The van der Waals surface area contributed by atoms with Crippen molar-refractivity contribution in [2.24, 2.45) is 0 Å². The molecule has 3 rings (SSSR count). The Hall–Kier alpha value is -2.36. The van der Waals surface area contributed by atoms with E-state index in [4.69, 9.17) is 10.2 Å². The van der Waals surface area contributed by atoms with Gasteiger partial charge in [-0.1, -0.05) is 6.07 Å². The summed E-state index contributed by atoms with van der Waals surface area (Å²) in [4.78, 5) is 8.75. The van der Waals surface area contributed by atoms with Crippen LogP contribution in [-0.4, -0.2) is 9.97 Å². The monoisotopic (exact) mass is 225 g/mol. The van der Waals surface area contributed by atoms with Crippen LogP contribution in [-0.2, 0) is 0 Å². The summed E-state index contributed by atoms with van der Waals surface area (Å²) in [7, 11) is 0. The van der Waals surface area contributed by atoms with E-state index in [2.05, 4.69) is 9.97 Å². The van der Waals surface area contributed by atoms with E-state index < -0.39 is 0 Å². The molecule has 17 heavy (non-hydrogen) atoms. The quantitative estimate of drug-likeness (QED) is 0.647. The Kier molecular flexibility index (Phi) is 2.08. The summed E-state index contributed by atoms with van der Waals surface area (Å²) in [6.07, 6.45) is 0. The minimum Gasteiger partial charge on any atom is -0.435 e. The van der Waals surface area contributed by atoms with Gasteiger partial charge in [-0.05, 0) is 37.3 Å². The maximum absolute atomic E-state index is 5.70. The van der Waals surface area contributed by atoms with Gasteiger partial charge in [-0.3, -0.25) is 0 Å². The standard InChI is InChI=1S/C13H11N3O/c1-8-3-2-4-10(15-8)13-16-11-7-9(14)5-6-12(11)17-13/h2-7H,14H2,1H3. The lowest BCUT2D eigenvalue weighted by molar-refractivity contribution is 0.616. The molecule has 84 valence electrons. The van der Waals surface area contributed by atoms with Gasteiger partial charge in [-0.2, -0.15) is 0 Å². The van der Waals surface area contributed by atoms with E-state index >= 15 is 0 Å². The summed E-state index contributed by atoms with van der Waals surface area (Å²) in [6.45, 7) is 1.93. The molecule has 0 saturated carbocycles. The van der Waals surface area contributed by atoms with Crippen molar-refractivity contribution >= 4 is 16.8 Å². The molecule has 2 N–H and O–H groups in total. The normalized spacial score (nSPS) is 10.9. The molecule has 4 nitrogen and oxygen atoms in total. The average molecular weight is 225 g/mol. The van der Waals surface area contributed by atoms with E-state index in [9.17, 15) is 0 Å². The number of rotatable bonds is 1. The predicted molar refractivity (Wildman–Crippen MR) is 66.4 cm³/mol. The van der Waals surface area contributed by atoms with Gasteiger partial charge < -0.3 is 10.2 Å². The lowest BCUT2D eigenvalue weighted by atomic mass is 10.3. The van der Waals surface area contributed by atoms with E-state index in [1.54, 1.807) is 12.1 Å². The zero-order valence-electron chi connectivity index (χ0n) is 9.34. The minimum absolute atomic E-state index is 0.523. The third-order valence-electron chi connectivity index (χ3n) is 2.52. The molecule has 0 aliphatic carbocycles. The summed E-state index contributed by atoms with van der Waals surface area (Å²) >= 11 is 0. The van der Waals surface area contributed by atoms with Gasteiger partial charge >= 0.3 is 0 Å². The first-order valence-corrected chi connectivity index (χ1v) is 5.32. The van der Waals surface area contributed by atoms with Crippen LogP contribution in [0.5, 0.6) is 0 Å². The van der Waals surface area contributed by atoms with Crippen molar-refractivity contribution in [1.29, 1.82) is 0 Å². The second-order valence-electron chi connectivity index (χ2n) is 3.91. The Morgan fingerprint density at radius 1 is 1.12 bits per heavy atom. The molecule has 0 spiro atoms. The van der Waals surface area contributed by atoms with Gasteiger partial charge in [0.05, 0.1) is 0 Å². The highest BCUT2D eigenvalue weighted by Crippen LogP contribution is 2.24. The fraction of sp³-hybridized carbons (Fsp3) is 0.0769. The molecular weight excluding hydrogens is 214 g/mol. The van der Waals surface area contributed by atoms with E-state index in [0.717, 1.165) is 22.5 Å². The zero-order chi connectivity index (χ0) is 11.8. The van der Waals surface area contributed by atoms with Crippen LogP contribution in [0.1, 0.15) is 5.69 Å². The molecule has 0 fully saturated rings. The number of nitrogens with zero attached hydrogens (tertiary/aromatic N) is 2.